The molecular formula is C13H18INO. The number of nitrogens with zero attached hydrogens (tertiary/aromatic N) is 1. The van der Waals surface area contributed by atoms with Crippen LogP contribution in [0.1, 0.15) is 18.9 Å². The van der Waals surface area contributed by atoms with Crippen molar-refractivity contribution in [2.24, 2.45) is 5.92 Å². The number of halogens is 1. The second-order valence-corrected chi connectivity index (χ2v) is 5.90. The Balaban J connectivity index is 1.89. The molecule has 0 bridgehead atoms. The van der Waals surface area contributed by atoms with E-state index in [1.54, 1.807) is 0 Å². The Hall–Kier alpha value is -0.130. The lowest BCUT2D eigenvalue weighted by atomic mass is 10.0. The lowest BCUT2D eigenvalue weighted by Gasteiger charge is -2.17. The Morgan fingerprint density at radius 3 is 2.69 bits per heavy atom. The first-order valence-electron chi connectivity index (χ1n) is 5.80. The molecule has 0 spiro atoms. The van der Waals surface area contributed by atoms with Gasteiger partial charge in [-0.1, -0.05) is 12.1 Å². The van der Waals surface area contributed by atoms with Crippen molar-refractivity contribution in [3.05, 3.63) is 33.4 Å². The fraction of sp³-hybridized carbons (Fsp3) is 0.538. The summed E-state index contributed by atoms with van der Waals surface area (Å²) in [6.07, 6.45) is 0.962. The second kappa shape index (κ2) is 5.47. The third kappa shape index (κ3) is 3.18. The van der Waals surface area contributed by atoms with Gasteiger partial charge in [0.15, 0.2) is 0 Å². The molecule has 0 amide bonds. The third-order valence-corrected chi connectivity index (χ3v) is 4.03. The Morgan fingerprint density at radius 2 is 2.12 bits per heavy atom. The maximum atomic E-state index is 9.54. The zero-order chi connectivity index (χ0) is 11.5. The Morgan fingerprint density at radius 1 is 1.44 bits per heavy atom. The van der Waals surface area contributed by atoms with Crippen LogP contribution in [0.15, 0.2) is 24.3 Å². The van der Waals surface area contributed by atoms with E-state index < -0.39 is 0 Å². The van der Waals surface area contributed by atoms with E-state index in [1.165, 1.54) is 9.13 Å². The van der Waals surface area contributed by atoms with Crippen LogP contribution < -0.4 is 0 Å². The fourth-order valence-electron chi connectivity index (χ4n) is 2.25. The van der Waals surface area contributed by atoms with E-state index >= 15 is 0 Å². The Bertz CT molecular complexity index is 336. The number of hydrogen-bond acceptors (Lipinski definition) is 2. The van der Waals surface area contributed by atoms with Gasteiger partial charge in [-0.05, 0) is 66.1 Å². The topological polar surface area (TPSA) is 23.5 Å². The molecule has 2 atom stereocenters. The minimum atomic E-state index is -0.165. The Labute approximate surface area is 111 Å². The van der Waals surface area contributed by atoms with Crippen molar-refractivity contribution in [1.29, 1.82) is 0 Å². The summed E-state index contributed by atoms with van der Waals surface area (Å²) < 4.78 is 1.28. The van der Waals surface area contributed by atoms with E-state index in [4.69, 9.17) is 0 Å². The van der Waals surface area contributed by atoms with Gasteiger partial charge in [-0.15, -0.1) is 0 Å². The van der Waals surface area contributed by atoms with Crippen LogP contribution in [0, 0.1) is 9.49 Å². The number of likely N-dealkylation sites (tertiary alicyclic amines) is 1. The van der Waals surface area contributed by atoms with E-state index in [9.17, 15) is 5.11 Å². The second-order valence-electron chi connectivity index (χ2n) is 4.65. The van der Waals surface area contributed by atoms with Crippen LogP contribution in [0.4, 0.5) is 0 Å². The lowest BCUT2D eigenvalue weighted by molar-refractivity contribution is 0.127. The van der Waals surface area contributed by atoms with Crippen LogP contribution in [0.2, 0.25) is 0 Å². The van der Waals surface area contributed by atoms with Gasteiger partial charge >= 0.3 is 0 Å². The van der Waals surface area contributed by atoms with E-state index in [2.05, 4.69) is 51.8 Å². The monoisotopic (exact) mass is 331 g/mol. The molecule has 0 saturated carbocycles. The average Bonchev–Trinajstić information content (AvgIpc) is 2.70. The van der Waals surface area contributed by atoms with E-state index in [-0.39, 0.29) is 6.10 Å². The molecule has 1 aliphatic heterocycles. The van der Waals surface area contributed by atoms with Gasteiger partial charge in [-0.3, -0.25) is 4.90 Å². The van der Waals surface area contributed by atoms with Gasteiger partial charge in [0.2, 0.25) is 0 Å². The third-order valence-electron chi connectivity index (χ3n) is 3.31. The van der Waals surface area contributed by atoms with Crippen molar-refractivity contribution >= 4 is 22.6 Å². The molecule has 3 heteroatoms. The molecule has 2 rings (SSSR count). The predicted octanol–water partition coefficient (Wildman–Crippen LogP) is 2.49. The van der Waals surface area contributed by atoms with Gasteiger partial charge in [-0.25, -0.2) is 0 Å². The maximum absolute atomic E-state index is 9.54. The van der Waals surface area contributed by atoms with Crippen molar-refractivity contribution < 1.29 is 5.11 Å². The standard InChI is InChI=1S/C13H18INO/c1-10(16)12-6-7-15(9-12)8-11-2-4-13(14)5-3-11/h2-5,10,12,16H,6-9H2,1H3. The molecule has 16 heavy (non-hydrogen) atoms. The van der Waals surface area contributed by atoms with Crippen LogP contribution in [-0.4, -0.2) is 29.2 Å². The van der Waals surface area contributed by atoms with Crippen molar-refractivity contribution in [1.82, 2.24) is 4.90 Å². The minimum absolute atomic E-state index is 0.165. The lowest BCUT2D eigenvalue weighted by Crippen LogP contribution is -2.23. The van der Waals surface area contributed by atoms with Gasteiger partial charge in [0, 0.05) is 16.7 Å². The molecule has 1 aromatic rings. The quantitative estimate of drug-likeness (QED) is 0.861. The molecule has 1 fully saturated rings. The summed E-state index contributed by atoms with van der Waals surface area (Å²) in [6.45, 7) is 5.06. The molecule has 2 nitrogen and oxygen atoms in total. The number of rotatable bonds is 3. The summed E-state index contributed by atoms with van der Waals surface area (Å²) in [5.41, 5.74) is 1.37. The molecule has 0 aromatic heterocycles. The highest BCUT2D eigenvalue weighted by Crippen LogP contribution is 2.21. The fourth-order valence-corrected chi connectivity index (χ4v) is 2.61. The maximum Gasteiger partial charge on any atom is 0.0552 e. The summed E-state index contributed by atoms with van der Waals surface area (Å²) in [6, 6.07) is 8.69. The van der Waals surface area contributed by atoms with Crippen molar-refractivity contribution in [2.45, 2.75) is 26.0 Å². The molecule has 1 N–H and O–H groups in total. The first-order valence-corrected chi connectivity index (χ1v) is 6.88. The van der Waals surface area contributed by atoms with Crippen LogP contribution in [0.5, 0.6) is 0 Å². The predicted molar refractivity (Wildman–Crippen MR) is 74.2 cm³/mol. The van der Waals surface area contributed by atoms with Gasteiger partial charge in [0.25, 0.3) is 0 Å². The Kier molecular flexibility index (Phi) is 4.21. The SMILES string of the molecule is CC(O)C1CCN(Cc2ccc(I)cc2)C1. The van der Waals surface area contributed by atoms with Crippen LogP contribution in [-0.2, 0) is 6.54 Å². The van der Waals surface area contributed by atoms with Gasteiger partial charge in [-0.2, -0.15) is 0 Å². The zero-order valence-electron chi connectivity index (χ0n) is 9.56. The smallest absolute Gasteiger partial charge is 0.0552 e. The van der Waals surface area contributed by atoms with Crippen molar-refractivity contribution in [3.63, 3.8) is 0 Å². The van der Waals surface area contributed by atoms with Crippen molar-refractivity contribution in [2.75, 3.05) is 13.1 Å². The molecule has 2 unspecified atom stereocenters. The summed E-state index contributed by atoms with van der Waals surface area (Å²) >= 11 is 2.33. The van der Waals surface area contributed by atoms with Crippen LogP contribution in [0.25, 0.3) is 0 Å². The summed E-state index contributed by atoms with van der Waals surface area (Å²) in [7, 11) is 0. The molecule has 1 heterocycles. The minimum Gasteiger partial charge on any atom is -0.393 e. The molecule has 0 aliphatic carbocycles. The summed E-state index contributed by atoms with van der Waals surface area (Å²) in [5.74, 6) is 0.462. The highest BCUT2D eigenvalue weighted by atomic mass is 127. The molecular weight excluding hydrogens is 313 g/mol. The van der Waals surface area contributed by atoms with Crippen LogP contribution >= 0.6 is 22.6 Å². The van der Waals surface area contributed by atoms with Gasteiger partial charge < -0.3 is 5.11 Å². The zero-order valence-corrected chi connectivity index (χ0v) is 11.7. The van der Waals surface area contributed by atoms with Crippen LogP contribution in [0.3, 0.4) is 0 Å². The molecule has 88 valence electrons. The molecule has 1 aromatic carbocycles. The largest absolute Gasteiger partial charge is 0.393 e. The highest BCUT2D eigenvalue weighted by Gasteiger charge is 2.25. The first-order chi connectivity index (χ1) is 7.65. The highest BCUT2D eigenvalue weighted by molar-refractivity contribution is 14.1. The van der Waals surface area contributed by atoms with Crippen molar-refractivity contribution in [3.8, 4) is 0 Å². The number of benzene rings is 1. The van der Waals surface area contributed by atoms with Gasteiger partial charge in [0.1, 0.15) is 0 Å². The molecule has 1 saturated heterocycles. The van der Waals surface area contributed by atoms with E-state index in [0.717, 1.165) is 26.1 Å². The van der Waals surface area contributed by atoms with E-state index in [1.807, 2.05) is 6.92 Å². The number of aliphatic hydroxyl groups excluding tert-OH is 1. The summed E-state index contributed by atoms with van der Waals surface area (Å²) in [5, 5.41) is 9.54. The van der Waals surface area contributed by atoms with Gasteiger partial charge in [0.05, 0.1) is 6.10 Å². The number of hydrogen-bond donors (Lipinski definition) is 1. The summed E-state index contributed by atoms with van der Waals surface area (Å²) in [4.78, 5) is 2.43. The first kappa shape index (κ1) is 12.3. The molecule has 1 aliphatic rings. The van der Waals surface area contributed by atoms with E-state index in [0.29, 0.717) is 5.92 Å². The number of aliphatic hydroxyl groups is 1. The normalized spacial score (nSPS) is 23.6. The average molecular weight is 331 g/mol. The molecule has 0 radical (unpaired) electrons.